The molecule has 0 aliphatic rings. The maximum atomic E-state index is 12.5. The Kier molecular flexibility index (Phi) is 7.09. The van der Waals surface area contributed by atoms with Gasteiger partial charge in [-0.1, -0.05) is 60.7 Å². The molecule has 1 N–H and O–H groups in total. The molecule has 6 nitrogen and oxygen atoms in total. The van der Waals surface area contributed by atoms with Crippen LogP contribution in [0, 0.1) is 6.92 Å². The lowest BCUT2D eigenvalue weighted by atomic mass is 10.2. The van der Waals surface area contributed by atoms with E-state index in [0.717, 1.165) is 16.0 Å². The number of nitrogens with one attached hydrogen (secondary N) is 1. The molecule has 0 fully saturated rings. The van der Waals surface area contributed by atoms with Crippen LogP contribution in [0.25, 0.3) is 0 Å². The summed E-state index contributed by atoms with van der Waals surface area (Å²) in [5.41, 5.74) is 2.73. The maximum Gasteiger partial charge on any atom is 0.262 e. The van der Waals surface area contributed by atoms with Gasteiger partial charge in [0.05, 0.1) is 12.2 Å². The number of hydrogen-bond donors (Lipinski definition) is 1. The van der Waals surface area contributed by atoms with Gasteiger partial charge in [-0.15, -0.1) is 5.10 Å². The van der Waals surface area contributed by atoms with Crippen molar-refractivity contribution in [3.8, 4) is 5.75 Å². The Labute approximate surface area is 195 Å². The van der Waals surface area contributed by atoms with Gasteiger partial charge in [0.15, 0.2) is 11.8 Å². The van der Waals surface area contributed by atoms with Crippen molar-refractivity contribution in [3.63, 3.8) is 0 Å². The molecule has 0 spiro atoms. The second kappa shape index (κ2) is 10.3. The minimum atomic E-state index is -0.245. The second-order valence-electron chi connectivity index (χ2n) is 7.01. The molecule has 4 rings (SSSR count). The highest BCUT2D eigenvalue weighted by atomic mass is 35.5. The molecule has 0 radical (unpaired) electrons. The van der Waals surface area contributed by atoms with Crippen LogP contribution >= 0.6 is 23.4 Å². The average molecular weight is 465 g/mol. The van der Waals surface area contributed by atoms with Crippen molar-refractivity contribution in [2.24, 2.45) is 0 Å². The van der Waals surface area contributed by atoms with Gasteiger partial charge in [0.2, 0.25) is 5.28 Å². The van der Waals surface area contributed by atoms with Crippen molar-refractivity contribution in [1.82, 2.24) is 14.8 Å². The lowest BCUT2D eigenvalue weighted by Gasteiger charge is -2.12. The highest BCUT2D eigenvalue weighted by Crippen LogP contribution is 2.33. The first kappa shape index (κ1) is 21.9. The minimum Gasteiger partial charge on any atom is -0.483 e. The average Bonchev–Trinajstić information content (AvgIpc) is 3.13. The number of hydrogen-bond acceptors (Lipinski definition) is 5. The molecule has 1 aromatic heterocycles. The highest BCUT2D eigenvalue weighted by molar-refractivity contribution is 7.99. The molecule has 8 heteroatoms. The number of rotatable bonds is 8. The van der Waals surface area contributed by atoms with Crippen LogP contribution in [0.5, 0.6) is 5.75 Å². The number of ether oxygens (including phenoxy) is 1. The van der Waals surface area contributed by atoms with Crippen LogP contribution in [-0.4, -0.2) is 27.3 Å². The molecule has 4 aromatic rings. The van der Waals surface area contributed by atoms with Crippen molar-refractivity contribution in [2.75, 3.05) is 11.9 Å². The summed E-state index contributed by atoms with van der Waals surface area (Å²) in [6.45, 7) is 2.40. The molecule has 162 valence electrons. The van der Waals surface area contributed by atoms with E-state index in [0.29, 0.717) is 23.1 Å². The minimum absolute atomic E-state index is 0.0835. The van der Waals surface area contributed by atoms with E-state index in [4.69, 9.17) is 16.3 Å². The van der Waals surface area contributed by atoms with Crippen molar-refractivity contribution < 1.29 is 9.53 Å². The number of amides is 1. The van der Waals surface area contributed by atoms with Crippen LogP contribution in [-0.2, 0) is 11.3 Å². The molecule has 3 aromatic carbocycles. The van der Waals surface area contributed by atoms with E-state index < -0.39 is 0 Å². The van der Waals surface area contributed by atoms with Gasteiger partial charge < -0.3 is 10.1 Å². The van der Waals surface area contributed by atoms with Gasteiger partial charge in [-0.3, -0.25) is 4.79 Å². The third kappa shape index (κ3) is 5.69. The van der Waals surface area contributed by atoms with E-state index in [1.807, 2.05) is 85.8 Å². The van der Waals surface area contributed by atoms with Crippen molar-refractivity contribution >= 4 is 35.0 Å². The molecular formula is C24H21ClN4O2S. The van der Waals surface area contributed by atoms with Gasteiger partial charge >= 0.3 is 0 Å². The van der Waals surface area contributed by atoms with Crippen LogP contribution in [0.15, 0.2) is 88.9 Å². The van der Waals surface area contributed by atoms with Crippen LogP contribution in [0.2, 0.25) is 5.28 Å². The Bertz CT molecular complexity index is 1210. The maximum absolute atomic E-state index is 12.5. The molecule has 0 bridgehead atoms. The summed E-state index contributed by atoms with van der Waals surface area (Å²) in [6, 6.07) is 25.1. The van der Waals surface area contributed by atoms with E-state index in [1.54, 1.807) is 4.68 Å². The molecule has 0 aliphatic carbocycles. The van der Waals surface area contributed by atoms with Crippen LogP contribution in [0.3, 0.4) is 0 Å². The van der Waals surface area contributed by atoms with E-state index in [9.17, 15) is 4.79 Å². The summed E-state index contributed by atoms with van der Waals surface area (Å²) in [5.74, 6) is 0.444. The lowest BCUT2D eigenvalue weighted by molar-refractivity contribution is -0.118. The number of nitrogens with zero attached hydrogens (tertiary/aromatic N) is 3. The van der Waals surface area contributed by atoms with Crippen molar-refractivity contribution in [1.29, 1.82) is 0 Å². The highest BCUT2D eigenvalue weighted by Gasteiger charge is 2.15. The Hall–Kier alpha value is -3.29. The van der Waals surface area contributed by atoms with Crippen LogP contribution in [0.4, 0.5) is 5.69 Å². The third-order valence-corrected chi connectivity index (χ3v) is 5.82. The summed E-state index contributed by atoms with van der Waals surface area (Å²) in [5, 5.41) is 8.04. The Balaban J connectivity index is 1.46. The number of anilines is 1. The van der Waals surface area contributed by atoms with E-state index in [2.05, 4.69) is 15.4 Å². The standard InChI is InChI=1S/C24H21ClN4O2S/c1-17-9-5-7-13-20(17)31-16-22(30)26-19-12-6-8-14-21(19)32-24-27-23(25)28-29(24)15-18-10-3-2-4-11-18/h2-14H,15-16H2,1H3,(H,26,30). The number of carbonyl (C=O) groups is 1. The third-order valence-electron chi connectivity index (χ3n) is 4.60. The second-order valence-corrected chi connectivity index (χ2v) is 8.35. The first-order valence-corrected chi connectivity index (χ1v) is 11.2. The SMILES string of the molecule is Cc1ccccc1OCC(=O)Nc1ccccc1Sc1nc(Cl)nn1Cc1ccccc1. The number of aryl methyl sites for hydroxylation is 1. The van der Waals surface area contributed by atoms with E-state index >= 15 is 0 Å². The number of carbonyl (C=O) groups excluding carboxylic acids is 1. The van der Waals surface area contributed by atoms with Gasteiger partial charge in [0.25, 0.3) is 5.91 Å². The smallest absolute Gasteiger partial charge is 0.262 e. The first-order valence-electron chi connectivity index (χ1n) is 9.98. The fourth-order valence-electron chi connectivity index (χ4n) is 3.04. The summed E-state index contributed by atoms with van der Waals surface area (Å²) in [4.78, 5) is 17.7. The number of para-hydroxylation sites is 2. The molecule has 1 heterocycles. The number of aromatic nitrogens is 3. The quantitative estimate of drug-likeness (QED) is 0.375. The Morgan fingerprint density at radius 3 is 2.56 bits per heavy atom. The molecule has 0 atom stereocenters. The zero-order chi connectivity index (χ0) is 22.3. The zero-order valence-electron chi connectivity index (χ0n) is 17.4. The predicted molar refractivity (Wildman–Crippen MR) is 126 cm³/mol. The van der Waals surface area contributed by atoms with Gasteiger partial charge in [-0.05, 0) is 59.6 Å². The molecular weight excluding hydrogens is 444 g/mol. The summed E-state index contributed by atoms with van der Waals surface area (Å²) < 4.78 is 7.41. The van der Waals surface area contributed by atoms with E-state index in [-0.39, 0.29) is 17.8 Å². The lowest BCUT2D eigenvalue weighted by Crippen LogP contribution is -2.20. The molecule has 32 heavy (non-hydrogen) atoms. The monoisotopic (exact) mass is 464 g/mol. The molecule has 0 saturated heterocycles. The Morgan fingerprint density at radius 1 is 1.03 bits per heavy atom. The summed E-state index contributed by atoms with van der Waals surface area (Å²) >= 11 is 7.48. The van der Waals surface area contributed by atoms with Crippen LogP contribution < -0.4 is 10.1 Å². The van der Waals surface area contributed by atoms with Gasteiger partial charge in [0, 0.05) is 4.90 Å². The number of halogens is 1. The number of benzene rings is 3. The fraction of sp³-hybridized carbons (Fsp3) is 0.125. The summed E-state index contributed by atoms with van der Waals surface area (Å²) in [7, 11) is 0. The van der Waals surface area contributed by atoms with Gasteiger partial charge in [0.1, 0.15) is 5.75 Å². The Morgan fingerprint density at radius 2 is 1.75 bits per heavy atom. The van der Waals surface area contributed by atoms with E-state index in [1.165, 1.54) is 11.8 Å². The van der Waals surface area contributed by atoms with Crippen LogP contribution in [0.1, 0.15) is 11.1 Å². The van der Waals surface area contributed by atoms with Gasteiger partial charge in [-0.2, -0.15) is 4.98 Å². The van der Waals surface area contributed by atoms with Gasteiger partial charge in [-0.25, -0.2) is 4.68 Å². The van der Waals surface area contributed by atoms with Crippen molar-refractivity contribution in [3.05, 3.63) is 95.3 Å². The normalized spacial score (nSPS) is 10.7. The summed E-state index contributed by atoms with van der Waals surface area (Å²) in [6.07, 6.45) is 0. The predicted octanol–water partition coefficient (Wildman–Crippen LogP) is 5.46. The first-order chi connectivity index (χ1) is 15.6. The zero-order valence-corrected chi connectivity index (χ0v) is 18.9. The topological polar surface area (TPSA) is 69.0 Å². The largest absolute Gasteiger partial charge is 0.483 e. The molecule has 0 aliphatic heterocycles. The molecule has 0 unspecified atom stereocenters. The van der Waals surface area contributed by atoms with Crippen molar-refractivity contribution in [2.45, 2.75) is 23.5 Å². The fourth-order valence-corrected chi connectivity index (χ4v) is 4.18. The molecule has 0 saturated carbocycles. The molecule has 1 amide bonds.